The smallest absolute Gasteiger partial charge is 0.0221 e. The van der Waals surface area contributed by atoms with Crippen molar-refractivity contribution in [1.29, 1.82) is 0 Å². The van der Waals surface area contributed by atoms with Crippen LogP contribution in [-0.4, -0.2) is 0 Å². The predicted molar refractivity (Wildman–Crippen MR) is 216 cm³/mol. The highest BCUT2D eigenvalue weighted by Crippen LogP contribution is 2.53. The summed E-state index contributed by atoms with van der Waals surface area (Å²) in [5.41, 5.74) is 7.59. The highest BCUT2D eigenvalue weighted by Gasteiger charge is 2.25. The van der Waals surface area contributed by atoms with Crippen LogP contribution in [0.4, 0.5) is 0 Å². The molecule has 2 heteroatoms. The Bertz CT molecular complexity index is 2780. The van der Waals surface area contributed by atoms with Crippen molar-refractivity contribution in [2.24, 2.45) is 0 Å². The zero-order chi connectivity index (χ0) is 30.5. The SMILES string of the molecule is Ic1cc2c3cc(-c4ccccc4)cc(I)c3c3ccc4c(-c5ccccc5)ccc5c6c(-c7ccccc7)ccc1c6c2c3c45. The van der Waals surface area contributed by atoms with Gasteiger partial charge in [-0.2, -0.15) is 0 Å². The molecule has 0 bridgehead atoms. The van der Waals surface area contributed by atoms with E-state index in [0.717, 1.165) is 0 Å². The van der Waals surface area contributed by atoms with Gasteiger partial charge < -0.3 is 0 Å². The van der Waals surface area contributed by atoms with E-state index in [2.05, 4.69) is 191 Å². The van der Waals surface area contributed by atoms with Crippen LogP contribution in [0.1, 0.15) is 0 Å². The van der Waals surface area contributed by atoms with E-state index >= 15 is 0 Å². The summed E-state index contributed by atoms with van der Waals surface area (Å²) in [5, 5.41) is 16.2. The summed E-state index contributed by atoms with van der Waals surface area (Å²) < 4.78 is 2.58. The highest BCUT2D eigenvalue weighted by molar-refractivity contribution is 14.1. The third-order valence-corrected chi connectivity index (χ3v) is 11.6. The molecule has 0 N–H and O–H groups in total. The molecule has 46 heavy (non-hydrogen) atoms. The van der Waals surface area contributed by atoms with Gasteiger partial charge in [0.25, 0.3) is 0 Å². The van der Waals surface area contributed by atoms with E-state index in [0.29, 0.717) is 0 Å². The van der Waals surface area contributed by atoms with Gasteiger partial charge in [-0.25, -0.2) is 0 Å². The number of rotatable bonds is 3. The molecule has 10 aromatic rings. The molecule has 0 saturated heterocycles. The van der Waals surface area contributed by atoms with Gasteiger partial charge in [-0.3, -0.25) is 0 Å². The highest BCUT2D eigenvalue weighted by atomic mass is 127. The van der Waals surface area contributed by atoms with Gasteiger partial charge in [-0.1, -0.05) is 127 Å². The number of halogens is 2. The summed E-state index contributed by atoms with van der Waals surface area (Å²) in [6.07, 6.45) is 0. The lowest BCUT2D eigenvalue weighted by Gasteiger charge is -2.24. The van der Waals surface area contributed by atoms with E-state index in [1.54, 1.807) is 0 Å². The fourth-order valence-corrected chi connectivity index (χ4v) is 9.64. The molecule has 0 aliphatic heterocycles. The van der Waals surface area contributed by atoms with E-state index < -0.39 is 0 Å². The lowest BCUT2D eigenvalue weighted by molar-refractivity contribution is 1.64. The Kier molecular flexibility index (Phi) is 5.92. The first kappa shape index (κ1) is 26.9. The van der Waals surface area contributed by atoms with E-state index in [-0.39, 0.29) is 0 Å². The van der Waals surface area contributed by atoms with Gasteiger partial charge in [0, 0.05) is 12.5 Å². The zero-order valence-corrected chi connectivity index (χ0v) is 28.9. The van der Waals surface area contributed by atoms with Gasteiger partial charge in [0.15, 0.2) is 0 Å². The first-order valence-electron chi connectivity index (χ1n) is 15.6. The fourth-order valence-electron chi connectivity index (χ4n) is 7.97. The lowest BCUT2D eigenvalue weighted by atomic mass is 9.80. The minimum absolute atomic E-state index is 1.25. The molecule has 0 unspecified atom stereocenters. The minimum atomic E-state index is 1.25. The predicted octanol–water partition coefficient (Wildman–Crippen LogP) is 13.7. The molecule has 0 amide bonds. The van der Waals surface area contributed by atoms with Gasteiger partial charge >= 0.3 is 0 Å². The van der Waals surface area contributed by atoms with Crippen LogP contribution in [0.25, 0.3) is 98.0 Å². The first-order valence-corrected chi connectivity index (χ1v) is 17.7. The van der Waals surface area contributed by atoms with Gasteiger partial charge in [-0.05, 0) is 156 Å². The number of hydrogen-bond donors (Lipinski definition) is 0. The van der Waals surface area contributed by atoms with E-state index in [4.69, 9.17) is 0 Å². The average Bonchev–Trinajstić information content (AvgIpc) is 3.11. The third-order valence-electron chi connectivity index (χ3n) is 9.88. The molecular weight excluding hydrogens is 782 g/mol. The van der Waals surface area contributed by atoms with Crippen molar-refractivity contribution >= 4 is 110 Å². The number of hydrogen-bond acceptors (Lipinski definition) is 0. The lowest BCUT2D eigenvalue weighted by Crippen LogP contribution is -1.97. The van der Waals surface area contributed by atoms with Crippen molar-refractivity contribution in [2.45, 2.75) is 0 Å². The van der Waals surface area contributed by atoms with Crippen molar-refractivity contribution in [3.63, 3.8) is 0 Å². The molecule has 0 aliphatic carbocycles. The van der Waals surface area contributed by atoms with Gasteiger partial charge in [0.2, 0.25) is 0 Å². The number of fused-ring (bicyclic) bond motifs is 4. The van der Waals surface area contributed by atoms with Gasteiger partial charge in [-0.15, -0.1) is 0 Å². The maximum Gasteiger partial charge on any atom is 0.0221 e. The van der Waals surface area contributed by atoms with Crippen LogP contribution in [0.5, 0.6) is 0 Å². The van der Waals surface area contributed by atoms with Crippen LogP contribution in [0.15, 0.2) is 146 Å². The second-order valence-electron chi connectivity index (χ2n) is 12.2. The molecule has 0 nitrogen and oxygen atoms in total. The van der Waals surface area contributed by atoms with Crippen LogP contribution in [0, 0.1) is 7.14 Å². The Morgan fingerprint density at radius 1 is 0.261 bits per heavy atom. The Labute approximate surface area is 293 Å². The largest absolute Gasteiger partial charge is 0.0622 e. The summed E-state index contributed by atoms with van der Waals surface area (Å²) in [7, 11) is 0. The summed E-state index contributed by atoms with van der Waals surface area (Å²) in [4.78, 5) is 0. The van der Waals surface area contributed by atoms with Crippen molar-refractivity contribution in [2.75, 3.05) is 0 Å². The standard InChI is InChI=1S/C44H24I2/c45-37-24-36-35-22-28(25-10-4-1-5-11-25)23-38(46)39(35)33-21-18-31-29(26-12-6-2-7-13-26)16-20-34-40-30(27-14-8-3-9-15-27)17-19-32(37)42(40)44(36)43(33)41(31)34/h1-24H. The molecule has 0 radical (unpaired) electrons. The Morgan fingerprint density at radius 3 is 1.48 bits per heavy atom. The fraction of sp³-hybridized carbons (Fsp3) is 0. The molecule has 0 aliphatic rings. The molecule has 0 atom stereocenters. The van der Waals surface area contributed by atoms with Crippen molar-refractivity contribution < 1.29 is 0 Å². The van der Waals surface area contributed by atoms with Gasteiger partial charge in [0.05, 0.1) is 0 Å². The van der Waals surface area contributed by atoms with Crippen molar-refractivity contribution in [3.05, 3.63) is 153 Å². The third kappa shape index (κ3) is 3.71. The summed E-state index contributed by atoms with van der Waals surface area (Å²) in [5.74, 6) is 0. The molecule has 0 saturated carbocycles. The van der Waals surface area contributed by atoms with E-state index in [9.17, 15) is 0 Å². The number of benzene rings is 10. The van der Waals surface area contributed by atoms with Crippen LogP contribution in [0.3, 0.4) is 0 Å². The monoisotopic (exact) mass is 806 g/mol. The maximum absolute atomic E-state index is 2.58. The molecule has 214 valence electrons. The van der Waals surface area contributed by atoms with E-state index in [1.807, 2.05) is 0 Å². The molecule has 10 aromatic carbocycles. The van der Waals surface area contributed by atoms with Crippen LogP contribution >= 0.6 is 45.2 Å². The zero-order valence-electron chi connectivity index (χ0n) is 24.6. The second-order valence-corrected chi connectivity index (χ2v) is 14.6. The average molecular weight is 806 g/mol. The second kappa shape index (κ2) is 10.1. The molecular formula is C44H24I2. The normalized spacial score (nSPS) is 12.1. The topological polar surface area (TPSA) is 0 Å². The molecule has 0 aromatic heterocycles. The van der Waals surface area contributed by atoms with E-state index in [1.165, 1.54) is 105 Å². The Morgan fingerprint density at radius 2 is 0.761 bits per heavy atom. The van der Waals surface area contributed by atoms with Crippen LogP contribution in [0.2, 0.25) is 0 Å². The van der Waals surface area contributed by atoms with Gasteiger partial charge in [0.1, 0.15) is 0 Å². The van der Waals surface area contributed by atoms with Crippen LogP contribution in [-0.2, 0) is 0 Å². The first-order chi connectivity index (χ1) is 22.7. The van der Waals surface area contributed by atoms with Crippen LogP contribution < -0.4 is 0 Å². The molecule has 0 fully saturated rings. The summed E-state index contributed by atoms with van der Waals surface area (Å²) in [6.45, 7) is 0. The molecule has 0 heterocycles. The van der Waals surface area contributed by atoms with Crippen molar-refractivity contribution in [1.82, 2.24) is 0 Å². The summed E-state index contributed by atoms with van der Waals surface area (Å²) >= 11 is 5.15. The van der Waals surface area contributed by atoms with Crippen molar-refractivity contribution in [3.8, 4) is 33.4 Å². The Balaban J connectivity index is 1.50. The quantitative estimate of drug-likeness (QED) is 0.0948. The molecule has 0 spiro atoms. The Hall–Kier alpha value is -4.26. The summed E-state index contributed by atoms with van der Waals surface area (Å²) in [6, 6.07) is 54.1. The minimum Gasteiger partial charge on any atom is -0.0622 e. The maximum atomic E-state index is 2.58. The molecule has 10 rings (SSSR count).